The molecule has 4 heteroatoms. The summed E-state index contributed by atoms with van der Waals surface area (Å²) in [6.45, 7) is 12.7. The number of carbonyl (C=O) groups excluding carboxylic acids is 1. The molecule has 3 atom stereocenters. The average Bonchev–Trinajstić information content (AvgIpc) is 2.58. The first-order valence-corrected chi connectivity index (χ1v) is 11.4. The minimum absolute atomic E-state index is 0.0226. The fourth-order valence-electron chi connectivity index (χ4n) is 3.77. The van der Waals surface area contributed by atoms with Gasteiger partial charge in [0, 0.05) is 13.1 Å². The van der Waals surface area contributed by atoms with Crippen molar-refractivity contribution < 1.29 is 9.90 Å². The highest BCUT2D eigenvalue weighted by atomic mass is 16.3. The summed E-state index contributed by atoms with van der Waals surface area (Å²) in [6, 6.07) is -0.427. The molecule has 0 heterocycles. The van der Waals surface area contributed by atoms with Crippen molar-refractivity contribution in [3.05, 3.63) is 0 Å². The van der Waals surface area contributed by atoms with Gasteiger partial charge in [-0.2, -0.15) is 0 Å². The molecular weight excluding hydrogens is 336 g/mol. The van der Waals surface area contributed by atoms with E-state index in [4.69, 9.17) is 10.8 Å². The van der Waals surface area contributed by atoms with Crippen LogP contribution in [0.15, 0.2) is 0 Å². The van der Waals surface area contributed by atoms with Crippen molar-refractivity contribution >= 4 is 6.03 Å². The predicted octanol–water partition coefficient (Wildman–Crippen LogP) is 5.82. The van der Waals surface area contributed by atoms with Crippen LogP contribution in [0.3, 0.4) is 0 Å². The second-order valence-corrected chi connectivity index (χ2v) is 9.34. The lowest BCUT2D eigenvalue weighted by atomic mass is 9.91. The summed E-state index contributed by atoms with van der Waals surface area (Å²) in [5, 5.41) is 8.97. The Morgan fingerprint density at radius 3 is 1.52 bits per heavy atom. The molecule has 0 spiro atoms. The molecule has 0 bridgehead atoms. The van der Waals surface area contributed by atoms with Crippen molar-refractivity contribution in [2.75, 3.05) is 19.7 Å². The molecule has 0 saturated heterocycles. The van der Waals surface area contributed by atoms with Gasteiger partial charge >= 0.3 is 6.03 Å². The molecule has 0 aliphatic rings. The molecule has 2 amide bonds. The van der Waals surface area contributed by atoms with Gasteiger partial charge < -0.3 is 15.7 Å². The van der Waals surface area contributed by atoms with E-state index >= 15 is 0 Å². The summed E-state index contributed by atoms with van der Waals surface area (Å²) >= 11 is 0. The standard InChI is InChI=1S/C23H48N2O2/c1-19(2)9-6-10-20(3)11-7-12-21(4)13-8-14-22(5)15-16-25(17-18-26)23(24)27/h19-22,26H,6-18H2,1-5H3,(H2,24,27). The summed E-state index contributed by atoms with van der Waals surface area (Å²) in [7, 11) is 0. The van der Waals surface area contributed by atoms with Gasteiger partial charge in [0.25, 0.3) is 0 Å². The topological polar surface area (TPSA) is 66.6 Å². The van der Waals surface area contributed by atoms with Crippen molar-refractivity contribution in [2.45, 2.75) is 98.8 Å². The lowest BCUT2D eigenvalue weighted by Crippen LogP contribution is -2.38. The Labute approximate surface area is 169 Å². The van der Waals surface area contributed by atoms with Crippen molar-refractivity contribution in [1.82, 2.24) is 4.90 Å². The number of hydrogen-bond acceptors (Lipinski definition) is 2. The number of aliphatic hydroxyl groups is 1. The zero-order valence-electron chi connectivity index (χ0n) is 18.9. The number of hydrogen-bond donors (Lipinski definition) is 2. The largest absolute Gasteiger partial charge is 0.395 e. The van der Waals surface area contributed by atoms with E-state index in [9.17, 15) is 4.79 Å². The molecule has 0 aromatic heterocycles. The number of nitrogens with two attached hydrogens (primary N) is 1. The van der Waals surface area contributed by atoms with Crippen LogP contribution in [0.25, 0.3) is 0 Å². The summed E-state index contributed by atoms with van der Waals surface area (Å²) in [5.41, 5.74) is 5.33. The lowest BCUT2D eigenvalue weighted by molar-refractivity contribution is 0.180. The van der Waals surface area contributed by atoms with Crippen molar-refractivity contribution in [1.29, 1.82) is 0 Å². The van der Waals surface area contributed by atoms with E-state index < -0.39 is 6.03 Å². The van der Waals surface area contributed by atoms with Gasteiger partial charge in [0.1, 0.15) is 0 Å². The Balaban J connectivity index is 3.71. The average molecular weight is 385 g/mol. The van der Waals surface area contributed by atoms with Gasteiger partial charge in [-0.15, -0.1) is 0 Å². The zero-order chi connectivity index (χ0) is 20.7. The summed E-state index contributed by atoms with van der Waals surface area (Å²) in [5.74, 6) is 3.13. The van der Waals surface area contributed by atoms with E-state index in [1.165, 1.54) is 57.8 Å². The molecular formula is C23H48N2O2. The highest BCUT2D eigenvalue weighted by Gasteiger charge is 2.12. The molecule has 0 rings (SSSR count). The fourth-order valence-corrected chi connectivity index (χ4v) is 3.77. The second kappa shape index (κ2) is 16.2. The molecule has 0 aliphatic carbocycles. The Kier molecular flexibility index (Phi) is 15.7. The molecule has 0 aliphatic heterocycles. The third-order valence-electron chi connectivity index (χ3n) is 5.84. The normalized spacial score (nSPS) is 14.9. The van der Waals surface area contributed by atoms with Crippen LogP contribution in [0, 0.1) is 23.7 Å². The summed E-state index contributed by atoms with van der Waals surface area (Å²) in [6.07, 6.45) is 13.0. The molecule has 0 fully saturated rings. The monoisotopic (exact) mass is 384 g/mol. The summed E-state index contributed by atoms with van der Waals surface area (Å²) < 4.78 is 0. The maximum absolute atomic E-state index is 11.3. The van der Waals surface area contributed by atoms with E-state index in [1.807, 2.05) is 0 Å². The molecule has 162 valence electrons. The van der Waals surface area contributed by atoms with Gasteiger partial charge in [0.2, 0.25) is 0 Å². The number of aliphatic hydroxyl groups excluding tert-OH is 1. The van der Waals surface area contributed by atoms with Gasteiger partial charge in [0.05, 0.1) is 6.61 Å². The van der Waals surface area contributed by atoms with Crippen LogP contribution in [-0.2, 0) is 0 Å². The van der Waals surface area contributed by atoms with Crippen LogP contribution >= 0.6 is 0 Å². The third kappa shape index (κ3) is 15.9. The minimum Gasteiger partial charge on any atom is -0.395 e. The highest BCUT2D eigenvalue weighted by molar-refractivity contribution is 5.71. The van der Waals surface area contributed by atoms with Crippen LogP contribution in [0.5, 0.6) is 0 Å². The Hall–Kier alpha value is -0.770. The summed E-state index contributed by atoms with van der Waals surface area (Å²) in [4.78, 5) is 12.8. The van der Waals surface area contributed by atoms with Crippen LogP contribution in [-0.4, -0.2) is 35.7 Å². The number of amides is 2. The van der Waals surface area contributed by atoms with Gasteiger partial charge in [0.15, 0.2) is 0 Å². The van der Waals surface area contributed by atoms with Crippen molar-refractivity contribution in [2.24, 2.45) is 29.4 Å². The number of rotatable bonds is 17. The molecule has 0 saturated carbocycles. The maximum atomic E-state index is 11.3. The minimum atomic E-state index is -0.427. The zero-order valence-corrected chi connectivity index (χ0v) is 18.9. The Bertz CT molecular complexity index is 360. The molecule has 3 unspecified atom stereocenters. The smallest absolute Gasteiger partial charge is 0.314 e. The Morgan fingerprint density at radius 1 is 0.741 bits per heavy atom. The van der Waals surface area contributed by atoms with Gasteiger partial charge in [-0.05, 0) is 30.1 Å². The predicted molar refractivity (Wildman–Crippen MR) is 117 cm³/mol. The van der Waals surface area contributed by atoms with E-state index in [2.05, 4.69) is 34.6 Å². The quantitative estimate of drug-likeness (QED) is 0.331. The molecule has 3 N–H and O–H groups in total. The van der Waals surface area contributed by atoms with Gasteiger partial charge in [-0.3, -0.25) is 0 Å². The van der Waals surface area contributed by atoms with E-state index in [-0.39, 0.29) is 6.61 Å². The number of carbonyl (C=O) groups is 1. The van der Waals surface area contributed by atoms with Crippen LogP contribution in [0.4, 0.5) is 4.79 Å². The third-order valence-corrected chi connectivity index (χ3v) is 5.84. The number of urea groups is 1. The molecule has 0 radical (unpaired) electrons. The first-order valence-electron chi connectivity index (χ1n) is 11.4. The fraction of sp³-hybridized carbons (Fsp3) is 0.957. The molecule has 0 aromatic carbocycles. The van der Waals surface area contributed by atoms with Gasteiger partial charge in [-0.1, -0.05) is 92.4 Å². The molecule has 4 nitrogen and oxygen atoms in total. The first-order chi connectivity index (χ1) is 12.8. The van der Waals surface area contributed by atoms with E-state index in [0.29, 0.717) is 19.0 Å². The van der Waals surface area contributed by atoms with Crippen molar-refractivity contribution in [3.63, 3.8) is 0 Å². The van der Waals surface area contributed by atoms with Gasteiger partial charge in [-0.25, -0.2) is 4.79 Å². The first kappa shape index (κ1) is 26.2. The SMILES string of the molecule is CC(C)CCCC(C)CCCC(C)CCCC(C)CCN(CCO)C(N)=O. The highest BCUT2D eigenvalue weighted by Crippen LogP contribution is 2.22. The van der Waals surface area contributed by atoms with Crippen LogP contribution < -0.4 is 5.73 Å². The number of primary amides is 1. The van der Waals surface area contributed by atoms with E-state index in [1.54, 1.807) is 4.90 Å². The van der Waals surface area contributed by atoms with Crippen molar-refractivity contribution in [3.8, 4) is 0 Å². The van der Waals surface area contributed by atoms with Crippen LogP contribution in [0.1, 0.15) is 98.8 Å². The molecule has 0 aromatic rings. The lowest BCUT2D eigenvalue weighted by Gasteiger charge is -2.21. The van der Waals surface area contributed by atoms with E-state index in [0.717, 1.165) is 24.2 Å². The Morgan fingerprint density at radius 2 is 1.15 bits per heavy atom. The number of nitrogens with zero attached hydrogens (tertiary/aromatic N) is 1. The maximum Gasteiger partial charge on any atom is 0.314 e. The second-order valence-electron chi connectivity index (χ2n) is 9.34. The van der Waals surface area contributed by atoms with Crippen LogP contribution in [0.2, 0.25) is 0 Å². The molecule has 27 heavy (non-hydrogen) atoms.